The molecule has 0 saturated carbocycles. The molecule has 1 saturated heterocycles. The van der Waals surface area contributed by atoms with Gasteiger partial charge in [-0.2, -0.15) is 0 Å². The summed E-state index contributed by atoms with van der Waals surface area (Å²) in [6.45, 7) is 9.54. The number of hydrogen-bond acceptors (Lipinski definition) is 4. The third-order valence-corrected chi connectivity index (χ3v) is 4.42. The molecule has 0 aliphatic carbocycles. The third-order valence-electron chi connectivity index (χ3n) is 4.42. The van der Waals surface area contributed by atoms with E-state index in [1.807, 2.05) is 6.07 Å². The van der Waals surface area contributed by atoms with E-state index in [0.717, 1.165) is 44.9 Å². The largest absolute Gasteiger partial charge is 0.399 e. The van der Waals surface area contributed by atoms with E-state index in [0.29, 0.717) is 12.1 Å². The number of benzene rings is 1. The van der Waals surface area contributed by atoms with Crippen LogP contribution in [-0.2, 0) is 11.2 Å². The molecule has 4 nitrogen and oxygen atoms in total. The molecule has 1 aromatic carbocycles. The second-order valence-corrected chi connectivity index (χ2v) is 6.17. The van der Waals surface area contributed by atoms with Gasteiger partial charge in [0.25, 0.3) is 0 Å². The minimum atomic E-state index is 0.314. The van der Waals surface area contributed by atoms with Crippen LogP contribution in [0.5, 0.6) is 0 Å². The van der Waals surface area contributed by atoms with Crippen molar-refractivity contribution < 1.29 is 4.74 Å². The summed E-state index contributed by atoms with van der Waals surface area (Å²) in [5, 5.41) is 0. The highest BCUT2D eigenvalue weighted by Gasteiger charge is 2.27. The molecule has 0 spiro atoms. The number of nitrogens with two attached hydrogens (primary N) is 1. The molecule has 2 aliphatic rings. The lowest BCUT2D eigenvalue weighted by Gasteiger charge is -2.37. The number of morpholine rings is 1. The van der Waals surface area contributed by atoms with Crippen LogP contribution in [0.15, 0.2) is 18.2 Å². The van der Waals surface area contributed by atoms with Gasteiger partial charge in [0.2, 0.25) is 0 Å². The average molecular weight is 275 g/mol. The predicted octanol–water partition coefficient (Wildman–Crippen LogP) is 1.74. The van der Waals surface area contributed by atoms with Crippen molar-refractivity contribution in [3.63, 3.8) is 0 Å². The van der Waals surface area contributed by atoms with Crippen molar-refractivity contribution in [3.8, 4) is 0 Å². The Labute approximate surface area is 121 Å². The summed E-state index contributed by atoms with van der Waals surface area (Å²) in [7, 11) is 0. The van der Waals surface area contributed by atoms with Gasteiger partial charge in [-0.25, -0.2) is 0 Å². The van der Waals surface area contributed by atoms with E-state index < -0.39 is 0 Å². The van der Waals surface area contributed by atoms with Gasteiger partial charge in [0.15, 0.2) is 0 Å². The Morgan fingerprint density at radius 3 is 3.00 bits per heavy atom. The summed E-state index contributed by atoms with van der Waals surface area (Å²) in [5.41, 5.74) is 9.44. The van der Waals surface area contributed by atoms with E-state index in [9.17, 15) is 0 Å². The molecule has 2 aliphatic heterocycles. The Balaban J connectivity index is 1.65. The van der Waals surface area contributed by atoms with Gasteiger partial charge in [0.05, 0.1) is 12.7 Å². The van der Waals surface area contributed by atoms with Gasteiger partial charge in [0.1, 0.15) is 0 Å². The monoisotopic (exact) mass is 275 g/mol. The van der Waals surface area contributed by atoms with Crippen LogP contribution in [0.4, 0.5) is 11.4 Å². The average Bonchev–Trinajstić information content (AvgIpc) is 2.81. The standard InChI is InChI=1S/C16H25N3O/c1-12(2)18-7-8-20-15(10-18)11-19-6-5-13-9-14(17)3-4-16(13)19/h3-4,9,12,15H,5-8,10-11,17H2,1-2H3. The summed E-state index contributed by atoms with van der Waals surface area (Å²) >= 11 is 0. The fourth-order valence-electron chi connectivity index (χ4n) is 3.25. The number of ether oxygens (including phenoxy) is 1. The molecular weight excluding hydrogens is 250 g/mol. The molecule has 1 aromatic rings. The highest BCUT2D eigenvalue weighted by atomic mass is 16.5. The summed E-state index contributed by atoms with van der Waals surface area (Å²) in [6, 6.07) is 6.87. The Kier molecular flexibility index (Phi) is 3.85. The molecule has 2 N–H and O–H groups in total. The fraction of sp³-hybridized carbons (Fsp3) is 0.625. The van der Waals surface area contributed by atoms with Gasteiger partial charge in [-0.1, -0.05) is 0 Å². The van der Waals surface area contributed by atoms with Gasteiger partial charge in [-0.3, -0.25) is 4.90 Å². The predicted molar refractivity (Wildman–Crippen MR) is 83.2 cm³/mol. The minimum Gasteiger partial charge on any atom is -0.399 e. The quantitative estimate of drug-likeness (QED) is 0.853. The van der Waals surface area contributed by atoms with E-state index >= 15 is 0 Å². The zero-order chi connectivity index (χ0) is 14.1. The first-order chi connectivity index (χ1) is 9.63. The van der Waals surface area contributed by atoms with Crippen LogP contribution in [0, 0.1) is 0 Å². The maximum Gasteiger partial charge on any atom is 0.0877 e. The fourth-order valence-corrected chi connectivity index (χ4v) is 3.25. The van der Waals surface area contributed by atoms with E-state index in [4.69, 9.17) is 10.5 Å². The first-order valence-corrected chi connectivity index (χ1v) is 7.62. The molecule has 1 fully saturated rings. The first kappa shape index (κ1) is 13.7. The van der Waals surface area contributed by atoms with E-state index in [1.54, 1.807) is 0 Å². The Morgan fingerprint density at radius 1 is 1.35 bits per heavy atom. The first-order valence-electron chi connectivity index (χ1n) is 7.62. The lowest BCUT2D eigenvalue weighted by atomic mass is 10.1. The van der Waals surface area contributed by atoms with Crippen LogP contribution in [0.3, 0.4) is 0 Å². The molecule has 0 bridgehead atoms. The Bertz CT molecular complexity index is 475. The van der Waals surface area contributed by atoms with Gasteiger partial charge in [-0.15, -0.1) is 0 Å². The lowest BCUT2D eigenvalue weighted by Crippen LogP contribution is -2.49. The molecule has 0 amide bonds. The lowest BCUT2D eigenvalue weighted by molar-refractivity contribution is -0.0340. The number of nitrogen functional groups attached to an aromatic ring is 1. The van der Waals surface area contributed by atoms with E-state index in [2.05, 4.69) is 35.8 Å². The number of rotatable bonds is 3. The molecule has 2 heterocycles. The molecule has 20 heavy (non-hydrogen) atoms. The van der Waals surface area contributed by atoms with Gasteiger partial charge in [-0.05, 0) is 44.0 Å². The Morgan fingerprint density at radius 2 is 2.20 bits per heavy atom. The summed E-state index contributed by atoms with van der Waals surface area (Å²) in [4.78, 5) is 4.96. The van der Waals surface area contributed by atoms with Crippen LogP contribution in [0.2, 0.25) is 0 Å². The summed E-state index contributed by atoms with van der Waals surface area (Å²) in [6.07, 6.45) is 1.41. The zero-order valence-electron chi connectivity index (χ0n) is 12.5. The number of hydrogen-bond donors (Lipinski definition) is 1. The molecule has 0 radical (unpaired) electrons. The highest BCUT2D eigenvalue weighted by Crippen LogP contribution is 2.30. The normalized spacial score (nSPS) is 23.4. The minimum absolute atomic E-state index is 0.314. The summed E-state index contributed by atoms with van der Waals surface area (Å²) in [5.74, 6) is 0. The van der Waals surface area contributed by atoms with E-state index in [1.165, 1.54) is 11.3 Å². The van der Waals surface area contributed by atoms with Crippen LogP contribution in [-0.4, -0.2) is 49.8 Å². The van der Waals surface area contributed by atoms with Gasteiger partial charge >= 0.3 is 0 Å². The second-order valence-electron chi connectivity index (χ2n) is 6.17. The number of anilines is 2. The maximum atomic E-state index is 5.95. The number of nitrogens with zero attached hydrogens (tertiary/aromatic N) is 2. The van der Waals surface area contributed by atoms with Gasteiger partial charge in [0, 0.05) is 43.6 Å². The molecular formula is C16H25N3O. The molecule has 3 rings (SSSR count). The van der Waals surface area contributed by atoms with Crippen LogP contribution >= 0.6 is 0 Å². The second kappa shape index (κ2) is 5.62. The van der Waals surface area contributed by atoms with E-state index in [-0.39, 0.29) is 0 Å². The third kappa shape index (κ3) is 2.76. The van der Waals surface area contributed by atoms with Crippen molar-refractivity contribution in [3.05, 3.63) is 23.8 Å². The molecule has 4 heteroatoms. The van der Waals surface area contributed by atoms with Crippen LogP contribution in [0.25, 0.3) is 0 Å². The van der Waals surface area contributed by atoms with Crippen LogP contribution < -0.4 is 10.6 Å². The molecule has 0 aromatic heterocycles. The van der Waals surface area contributed by atoms with Crippen molar-refractivity contribution in [2.45, 2.75) is 32.4 Å². The molecule has 1 unspecified atom stereocenters. The summed E-state index contributed by atoms with van der Waals surface area (Å²) < 4.78 is 5.95. The smallest absolute Gasteiger partial charge is 0.0877 e. The molecule has 110 valence electrons. The highest BCUT2D eigenvalue weighted by molar-refractivity contribution is 5.63. The van der Waals surface area contributed by atoms with Crippen molar-refractivity contribution in [1.29, 1.82) is 0 Å². The SMILES string of the molecule is CC(C)N1CCOC(CN2CCc3cc(N)ccc32)C1. The topological polar surface area (TPSA) is 41.7 Å². The van der Waals surface area contributed by atoms with Gasteiger partial charge < -0.3 is 15.4 Å². The van der Waals surface area contributed by atoms with Crippen molar-refractivity contribution in [1.82, 2.24) is 4.90 Å². The molecule has 1 atom stereocenters. The Hall–Kier alpha value is -1.26. The van der Waals surface area contributed by atoms with Crippen molar-refractivity contribution in [2.24, 2.45) is 0 Å². The van der Waals surface area contributed by atoms with Crippen molar-refractivity contribution in [2.75, 3.05) is 43.4 Å². The van der Waals surface area contributed by atoms with Crippen molar-refractivity contribution >= 4 is 11.4 Å². The number of fused-ring (bicyclic) bond motifs is 1. The van der Waals surface area contributed by atoms with Crippen LogP contribution in [0.1, 0.15) is 19.4 Å². The zero-order valence-corrected chi connectivity index (χ0v) is 12.5. The maximum absolute atomic E-state index is 5.95.